The minimum atomic E-state index is -0.467. The Morgan fingerprint density at radius 1 is 1.62 bits per heavy atom. The lowest BCUT2D eigenvalue weighted by Gasteiger charge is -2.21. The first-order valence-electron chi connectivity index (χ1n) is 4.90. The Labute approximate surface area is 104 Å². The summed E-state index contributed by atoms with van der Waals surface area (Å²) in [6.07, 6.45) is 1.91. The van der Waals surface area contributed by atoms with Gasteiger partial charge in [-0.05, 0) is 41.9 Å². The standard InChI is InChI=1S/C11H15BrN2O2/c1-11(2,16-3)7-9(15)14-10-8(12)5-4-6-13-10/h4-6H,7H2,1-3H3,(H,13,14,15). The molecule has 0 aliphatic heterocycles. The van der Waals surface area contributed by atoms with Crippen LogP contribution in [0.4, 0.5) is 5.82 Å². The SMILES string of the molecule is COC(C)(C)CC(=O)Nc1ncccc1Br. The van der Waals surface area contributed by atoms with E-state index in [1.807, 2.05) is 19.9 Å². The number of ether oxygens (including phenoxy) is 1. The normalized spacial score (nSPS) is 11.2. The fraction of sp³-hybridized carbons (Fsp3) is 0.455. The third-order valence-electron chi connectivity index (χ3n) is 2.16. The molecular formula is C11H15BrN2O2. The topological polar surface area (TPSA) is 51.2 Å². The second kappa shape index (κ2) is 5.41. The van der Waals surface area contributed by atoms with Crippen LogP contribution >= 0.6 is 15.9 Å². The van der Waals surface area contributed by atoms with Gasteiger partial charge in [0.1, 0.15) is 5.82 Å². The first-order chi connectivity index (χ1) is 7.44. The van der Waals surface area contributed by atoms with Crippen molar-refractivity contribution in [2.24, 2.45) is 0 Å². The lowest BCUT2D eigenvalue weighted by atomic mass is 10.1. The van der Waals surface area contributed by atoms with Crippen LogP contribution in [0.2, 0.25) is 0 Å². The number of nitrogens with one attached hydrogen (secondary N) is 1. The Hall–Kier alpha value is -0.940. The number of hydrogen-bond acceptors (Lipinski definition) is 3. The molecule has 0 spiro atoms. The molecule has 1 amide bonds. The summed E-state index contributed by atoms with van der Waals surface area (Å²) in [7, 11) is 1.59. The summed E-state index contributed by atoms with van der Waals surface area (Å²) in [5, 5.41) is 2.72. The Balaban J connectivity index is 2.62. The Bertz CT molecular complexity index is 380. The molecule has 0 aromatic carbocycles. The maximum atomic E-state index is 11.7. The average Bonchev–Trinajstić information content (AvgIpc) is 2.21. The zero-order valence-electron chi connectivity index (χ0n) is 9.58. The highest BCUT2D eigenvalue weighted by Gasteiger charge is 2.21. The smallest absolute Gasteiger partial charge is 0.228 e. The number of methoxy groups -OCH3 is 1. The molecule has 1 N–H and O–H groups in total. The van der Waals surface area contributed by atoms with E-state index < -0.39 is 5.60 Å². The highest BCUT2D eigenvalue weighted by atomic mass is 79.9. The number of anilines is 1. The van der Waals surface area contributed by atoms with E-state index >= 15 is 0 Å². The fourth-order valence-electron chi connectivity index (χ4n) is 1.11. The summed E-state index contributed by atoms with van der Waals surface area (Å²) < 4.78 is 5.95. The predicted octanol–water partition coefficient (Wildman–Crippen LogP) is 2.60. The minimum Gasteiger partial charge on any atom is -0.378 e. The van der Waals surface area contributed by atoms with Crippen LogP contribution in [-0.4, -0.2) is 23.6 Å². The Morgan fingerprint density at radius 3 is 2.88 bits per heavy atom. The largest absolute Gasteiger partial charge is 0.378 e. The number of pyridine rings is 1. The number of hydrogen-bond donors (Lipinski definition) is 1. The maximum Gasteiger partial charge on any atom is 0.228 e. The monoisotopic (exact) mass is 286 g/mol. The second-order valence-corrected chi connectivity index (χ2v) is 4.88. The van der Waals surface area contributed by atoms with Crippen LogP contribution in [0.25, 0.3) is 0 Å². The van der Waals surface area contributed by atoms with Gasteiger partial charge in [-0.3, -0.25) is 4.79 Å². The molecule has 1 heterocycles. The second-order valence-electron chi connectivity index (χ2n) is 4.02. The van der Waals surface area contributed by atoms with Gasteiger partial charge in [-0.2, -0.15) is 0 Å². The lowest BCUT2D eigenvalue weighted by molar-refractivity contribution is -0.121. The van der Waals surface area contributed by atoms with Crippen LogP contribution in [0.3, 0.4) is 0 Å². The number of amides is 1. The van der Waals surface area contributed by atoms with Crippen molar-refractivity contribution in [2.75, 3.05) is 12.4 Å². The summed E-state index contributed by atoms with van der Waals surface area (Å²) in [5.41, 5.74) is -0.467. The molecule has 16 heavy (non-hydrogen) atoms. The van der Waals surface area contributed by atoms with Crippen molar-refractivity contribution in [3.63, 3.8) is 0 Å². The number of rotatable bonds is 4. The van der Waals surface area contributed by atoms with E-state index in [9.17, 15) is 4.79 Å². The molecule has 4 nitrogen and oxygen atoms in total. The number of aromatic nitrogens is 1. The summed E-state index contributed by atoms with van der Waals surface area (Å²) in [6.45, 7) is 3.72. The third-order valence-corrected chi connectivity index (χ3v) is 2.80. The van der Waals surface area contributed by atoms with Gasteiger partial charge in [0.25, 0.3) is 0 Å². The van der Waals surface area contributed by atoms with E-state index in [0.29, 0.717) is 5.82 Å². The van der Waals surface area contributed by atoms with E-state index in [1.165, 1.54) is 0 Å². The van der Waals surface area contributed by atoms with Crippen LogP contribution in [0.5, 0.6) is 0 Å². The molecule has 0 unspecified atom stereocenters. The van der Waals surface area contributed by atoms with E-state index in [1.54, 1.807) is 19.4 Å². The van der Waals surface area contributed by atoms with Crippen molar-refractivity contribution in [1.82, 2.24) is 4.98 Å². The van der Waals surface area contributed by atoms with Crippen molar-refractivity contribution in [2.45, 2.75) is 25.9 Å². The van der Waals surface area contributed by atoms with Crippen molar-refractivity contribution in [1.29, 1.82) is 0 Å². The molecule has 5 heteroatoms. The first-order valence-corrected chi connectivity index (χ1v) is 5.69. The fourth-order valence-corrected chi connectivity index (χ4v) is 1.47. The molecule has 0 bridgehead atoms. The number of halogens is 1. The van der Waals surface area contributed by atoms with E-state index in [0.717, 1.165) is 4.47 Å². The molecular weight excluding hydrogens is 272 g/mol. The van der Waals surface area contributed by atoms with Crippen LogP contribution in [0.1, 0.15) is 20.3 Å². The van der Waals surface area contributed by atoms with Crippen LogP contribution in [0.15, 0.2) is 22.8 Å². The molecule has 0 atom stereocenters. The van der Waals surface area contributed by atoms with Gasteiger partial charge in [0.15, 0.2) is 0 Å². The minimum absolute atomic E-state index is 0.119. The van der Waals surface area contributed by atoms with Gasteiger partial charge in [-0.15, -0.1) is 0 Å². The Kier molecular flexibility index (Phi) is 4.44. The van der Waals surface area contributed by atoms with E-state index in [-0.39, 0.29) is 12.3 Å². The molecule has 88 valence electrons. The molecule has 1 aromatic rings. The zero-order valence-corrected chi connectivity index (χ0v) is 11.2. The molecule has 0 aliphatic rings. The van der Waals surface area contributed by atoms with E-state index in [4.69, 9.17) is 4.74 Å². The van der Waals surface area contributed by atoms with E-state index in [2.05, 4.69) is 26.2 Å². The highest BCUT2D eigenvalue weighted by Crippen LogP contribution is 2.20. The summed E-state index contributed by atoms with van der Waals surface area (Å²) >= 11 is 3.31. The third kappa shape index (κ3) is 3.90. The molecule has 0 fully saturated rings. The Morgan fingerprint density at radius 2 is 2.31 bits per heavy atom. The summed E-state index contributed by atoms with van der Waals surface area (Å²) in [4.78, 5) is 15.7. The van der Waals surface area contributed by atoms with Crippen molar-refractivity contribution in [3.05, 3.63) is 22.8 Å². The first kappa shape index (κ1) is 13.1. The predicted molar refractivity (Wildman–Crippen MR) is 66.3 cm³/mol. The van der Waals surface area contributed by atoms with Gasteiger partial charge in [0, 0.05) is 13.3 Å². The van der Waals surface area contributed by atoms with Crippen LogP contribution < -0.4 is 5.32 Å². The molecule has 1 aromatic heterocycles. The number of nitrogens with zero attached hydrogens (tertiary/aromatic N) is 1. The summed E-state index contributed by atoms with van der Waals surface area (Å²) in [5.74, 6) is 0.408. The van der Waals surface area contributed by atoms with Crippen molar-refractivity contribution >= 4 is 27.7 Å². The lowest BCUT2D eigenvalue weighted by Crippen LogP contribution is -2.29. The molecule has 1 rings (SSSR count). The van der Waals surface area contributed by atoms with Crippen LogP contribution in [0, 0.1) is 0 Å². The highest BCUT2D eigenvalue weighted by molar-refractivity contribution is 9.10. The van der Waals surface area contributed by atoms with Gasteiger partial charge in [-0.25, -0.2) is 4.98 Å². The van der Waals surface area contributed by atoms with Gasteiger partial charge in [-0.1, -0.05) is 0 Å². The van der Waals surface area contributed by atoms with Crippen molar-refractivity contribution in [3.8, 4) is 0 Å². The molecule has 0 aliphatic carbocycles. The van der Waals surface area contributed by atoms with Gasteiger partial charge < -0.3 is 10.1 Å². The summed E-state index contributed by atoms with van der Waals surface area (Å²) in [6, 6.07) is 3.61. The average molecular weight is 287 g/mol. The zero-order chi connectivity index (χ0) is 12.2. The van der Waals surface area contributed by atoms with Gasteiger partial charge >= 0.3 is 0 Å². The number of carbonyl (C=O) groups is 1. The van der Waals surface area contributed by atoms with Crippen molar-refractivity contribution < 1.29 is 9.53 Å². The molecule has 0 radical (unpaired) electrons. The van der Waals surface area contributed by atoms with Gasteiger partial charge in [0.05, 0.1) is 16.5 Å². The maximum absolute atomic E-state index is 11.7. The number of carbonyl (C=O) groups excluding carboxylic acids is 1. The molecule has 0 saturated carbocycles. The quantitative estimate of drug-likeness (QED) is 0.926. The van der Waals surface area contributed by atoms with Crippen LogP contribution in [-0.2, 0) is 9.53 Å². The molecule has 0 saturated heterocycles. The van der Waals surface area contributed by atoms with Gasteiger partial charge in [0.2, 0.25) is 5.91 Å².